The zero-order chi connectivity index (χ0) is 17.1. The molecule has 1 aromatic rings. The number of esters is 1. The number of phenols is 1. The average molecular weight is 331 g/mol. The smallest absolute Gasteiger partial charge is 0.342 e. The summed E-state index contributed by atoms with van der Waals surface area (Å²) in [6.45, 7) is 2.33. The monoisotopic (exact) mass is 331 g/mol. The van der Waals surface area contributed by atoms with Gasteiger partial charge >= 0.3 is 5.97 Å². The first-order chi connectivity index (χ1) is 11.6. The molecular formula is C19H25NO4. The Morgan fingerprint density at radius 1 is 1.21 bits per heavy atom. The van der Waals surface area contributed by atoms with E-state index in [0.29, 0.717) is 12.0 Å². The number of likely N-dealkylation sites (tertiary alicyclic amines) is 1. The van der Waals surface area contributed by atoms with Gasteiger partial charge in [-0.15, -0.1) is 0 Å². The molecule has 0 spiro atoms. The summed E-state index contributed by atoms with van der Waals surface area (Å²) >= 11 is 0. The van der Waals surface area contributed by atoms with Gasteiger partial charge in [0.2, 0.25) is 0 Å². The minimum Gasteiger partial charge on any atom is -0.507 e. The van der Waals surface area contributed by atoms with Crippen LogP contribution in [0.15, 0.2) is 18.2 Å². The molecule has 1 saturated heterocycles. The van der Waals surface area contributed by atoms with Crippen LogP contribution in [0.5, 0.6) is 5.75 Å². The molecule has 1 amide bonds. The molecule has 0 bridgehead atoms. The Hall–Kier alpha value is -2.04. The van der Waals surface area contributed by atoms with Crippen molar-refractivity contribution in [2.45, 2.75) is 51.5 Å². The Bertz CT molecular complexity index is 626. The number of phenolic OH excluding ortho intramolecular Hbond substituents is 1. The number of hydrogen-bond donors (Lipinski definition) is 1. The molecule has 5 heteroatoms. The fourth-order valence-electron chi connectivity index (χ4n) is 4.04. The number of aromatic hydroxyl groups is 1. The second-order valence-corrected chi connectivity index (χ2v) is 6.94. The van der Waals surface area contributed by atoms with Gasteiger partial charge in [-0.1, -0.05) is 24.5 Å². The first-order valence-corrected chi connectivity index (χ1v) is 8.82. The van der Waals surface area contributed by atoms with Gasteiger partial charge in [0.1, 0.15) is 11.3 Å². The quantitative estimate of drug-likeness (QED) is 0.865. The summed E-state index contributed by atoms with van der Waals surface area (Å²) < 4.78 is 5.17. The largest absolute Gasteiger partial charge is 0.507 e. The number of nitrogens with zero attached hydrogens (tertiary/aromatic N) is 1. The number of carbonyl (C=O) groups excluding carboxylic acids is 2. The number of piperidine rings is 1. The Balaban J connectivity index is 1.60. The van der Waals surface area contributed by atoms with Gasteiger partial charge < -0.3 is 14.7 Å². The van der Waals surface area contributed by atoms with Crippen LogP contribution < -0.4 is 0 Å². The number of ether oxygens (including phenoxy) is 1. The van der Waals surface area contributed by atoms with Crippen LogP contribution in [0.25, 0.3) is 0 Å². The second kappa shape index (κ2) is 7.24. The van der Waals surface area contributed by atoms with Crippen LogP contribution in [0.1, 0.15) is 54.4 Å². The highest BCUT2D eigenvalue weighted by molar-refractivity contribution is 5.94. The van der Waals surface area contributed by atoms with Crippen LogP contribution in [0.4, 0.5) is 0 Å². The van der Waals surface area contributed by atoms with Gasteiger partial charge in [0.15, 0.2) is 6.61 Å². The topological polar surface area (TPSA) is 66.8 Å². The van der Waals surface area contributed by atoms with E-state index in [0.717, 1.165) is 24.9 Å². The van der Waals surface area contributed by atoms with Crippen molar-refractivity contribution in [2.75, 3.05) is 13.2 Å². The van der Waals surface area contributed by atoms with Crippen LogP contribution in [0.2, 0.25) is 0 Å². The lowest BCUT2D eigenvalue weighted by Gasteiger charge is -2.44. The number of aryl methyl sites for hydroxylation is 1. The van der Waals surface area contributed by atoms with Crippen molar-refractivity contribution in [1.29, 1.82) is 0 Å². The number of benzene rings is 1. The summed E-state index contributed by atoms with van der Waals surface area (Å²) in [6, 6.07) is 5.06. The fourth-order valence-corrected chi connectivity index (χ4v) is 4.04. The van der Waals surface area contributed by atoms with Gasteiger partial charge in [-0.3, -0.25) is 4.79 Å². The molecule has 3 rings (SSSR count). The van der Waals surface area contributed by atoms with Gasteiger partial charge in [0.25, 0.3) is 5.91 Å². The third-order valence-electron chi connectivity index (χ3n) is 5.26. The minimum absolute atomic E-state index is 0.108. The van der Waals surface area contributed by atoms with Crippen molar-refractivity contribution in [1.82, 2.24) is 4.90 Å². The van der Waals surface area contributed by atoms with E-state index in [4.69, 9.17) is 4.74 Å². The van der Waals surface area contributed by atoms with Crippen molar-refractivity contribution in [3.05, 3.63) is 29.3 Å². The molecule has 1 aliphatic carbocycles. The third kappa shape index (κ3) is 3.55. The van der Waals surface area contributed by atoms with Crippen LogP contribution >= 0.6 is 0 Å². The molecule has 0 aromatic heterocycles. The summed E-state index contributed by atoms with van der Waals surface area (Å²) in [7, 11) is 0. The highest BCUT2D eigenvalue weighted by Gasteiger charge is 2.35. The number of hydrogen-bond acceptors (Lipinski definition) is 4. The Labute approximate surface area is 142 Å². The van der Waals surface area contributed by atoms with Gasteiger partial charge in [-0.25, -0.2) is 4.79 Å². The van der Waals surface area contributed by atoms with E-state index in [1.807, 2.05) is 11.8 Å². The molecular weight excluding hydrogens is 306 g/mol. The number of carbonyl (C=O) groups is 2. The summed E-state index contributed by atoms with van der Waals surface area (Å²) in [4.78, 5) is 26.6. The Kier molecular flexibility index (Phi) is 5.07. The van der Waals surface area contributed by atoms with Gasteiger partial charge in [-0.05, 0) is 50.7 Å². The van der Waals surface area contributed by atoms with E-state index in [2.05, 4.69) is 0 Å². The molecule has 1 N–H and O–H groups in total. The molecule has 1 aliphatic heterocycles. The maximum Gasteiger partial charge on any atom is 0.342 e. The molecule has 1 aromatic carbocycles. The number of amides is 1. The Morgan fingerprint density at radius 2 is 1.96 bits per heavy atom. The lowest BCUT2D eigenvalue weighted by atomic mass is 9.78. The molecule has 1 heterocycles. The van der Waals surface area contributed by atoms with Crippen LogP contribution in [0.3, 0.4) is 0 Å². The van der Waals surface area contributed by atoms with Crippen LogP contribution in [0, 0.1) is 12.8 Å². The van der Waals surface area contributed by atoms with E-state index >= 15 is 0 Å². The van der Waals surface area contributed by atoms with Gasteiger partial charge in [-0.2, -0.15) is 0 Å². The summed E-state index contributed by atoms with van der Waals surface area (Å²) in [5, 5.41) is 9.78. The zero-order valence-corrected chi connectivity index (χ0v) is 14.2. The molecule has 1 saturated carbocycles. The molecule has 2 atom stereocenters. The second-order valence-electron chi connectivity index (χ2n) is 6.94. The average Bonchev–Trinajstić information content (AvgIpc) is 2.61. The first-order valence-electron chi connectivity index (χ1n) is 8.82. The molecule has 2 fully saturated rings. The van der Waals surface area contributed by atoms with Crippen molar-refractivity contribution in [3.8, 4) is 5.75 Å². The number of rotatable bonds is 3. The molecule has 0 radical (unpaired) electrons. The van der Waals surface area contributed by atoms with Crippen molar-refractivity contribution >= 4 is 11.9 Å². The van der Waals surface area contributed by atoms with E-state index < -0.39 is 5.97 Å². The Morgan fingerprint density at radius 3 is 2.79 bits per heavy atom. The molecule has 130 valence electrons. The van der Waals surface area contributed by atoms with Gasteiger partial charge in [0.05, 0.1) is 0 Å². The number of fused-ring (bicyclic) bond motifs is 1. The molecule has 2 aliphatic rings. The maximum absolute atomic E-state index is 12.5. The molecule has 0 unspecified atom stereocenters. The zero-order valence-electron chi connectivity index (χ0n) is 14.2. The summed E-state index contributed by atoms with van der Waals surface area (Å²) in [6.07, 6.45) is 6.91. The SMILES string of the molecule is Cc1ccc(O)c(C(=O)OCC(=O)N2CCC[C@H]3CCCC[C@@H]32)c1. The molecule has 5 nitrogen and oxygen atoms in total. The highest BCUT2D eigenvalue weighted by Crippen LogP contribution is 2.35. The predicted molar refractivity (Wildman–Crippen MR) is 89.8 cm³/mol. The fraction of sp³-hybridized carbons (Fsp3) is 0.579. The third-order valence-corrected chi connectivity index (χ3v) is 5.26. The normalized spacial score (nSPS) is 23.5. The van der Waals surface area contributed by atoms with E-state index in [9.17, 15) is 14.7 Å². The minimum atomic E-state index is -0.651. The standard InChI is InChI=1S/C19H25NO4/c1-13-8-9-17(21)15(11-13)19(23)24-12-18(22)20-10-4-6-14-5-2-3-7-16(14)20/h8-9,11,14,16,21H,2-7,10,12H2,1H3/t14-,16+/m1/s1. The van der Waals surface area contributed by atoms with E-state index in [-0.39, 0.29) is 23.8 Å². The van der Waals surface area contributed by atoms with E-state index in [1.54, 1.807) is 12.1 Å². The lowest BCUT2D eigenvalue weighted by Crippen LogP contribution is -2.50. The van der Waals surface area contributed by atoms with Crippen LogP contribution in [-0.4, -0.2) is 41.1 Å². The van der Waals surface area contributed by atoms with Crippen molar-refractivity contribution in [2.24, 2.45) is 5.92 Å². The van der Waals surface area contributed by atoms with Crippen molar-refractivity contribution < 1.29 is 19.4 Å². The van der Waals surface area contributed by atoms with Crippen LogP contribution in [-0.2, 0) is 9.53 Å². The predicted octanol–water partition coefficient (Wildman–Crippen LogP) is 3.04. The summed E-state index contributed by atoms with van der Waals surface area (Å²) in [5.74, 6) is -0.287. The highest BCUT2D eigenvalue weighted by atomic mass is 16.5. The lowest BCUT2D eigenvalue weighted by molar-refractivity contribution is -0.140. The van der Waals surface area contributed by atoms with E-state index in [1.165, 1.54) is 31.7 Å². The first kappa shape index (κ1) is 16.8. The molecule has 24 heavy (non-hydrogen) atoms. The summed E-state index contributed by atoms with van der Waals surface area (Å²) in [5.41, 5.74) is 0.962. The van der Waals surface area contributed by atoms with Gasteiger partial charge in [0, 0.05) is 12.6 Å². The van der Waals surface area contributed by atoms with Crippen molar-refractivity contribution in [3.63, 3.8) is 0 Å². The maximum atomic E-state index is 12.5.